The predicted octanol–water partition coefficient (Wildman–Crippen LogP) is 3.62. The Kier molecular flexibility index (Phi) is 3.97. The molecule has 0 aromatic carbocycles. The van der Waals surface area contributed by atoms with Crippen molar-refractivity contribution in [3.05, 3.63) is 39.3 Å². The van der Waals surface area contributed by atoms with E-state index >= 15 is 0 Å². The maximum absolute atomic E-state index is 13.0. The van der Waals surface area contributed by atoms with E-state index in [0.717, 1.165) is 55.9 Å². The van der Waals surface area contributed by atoms with Crippen molar-refractivity contribution in [1.29, 1.82) is 0 Å². The van der Waals surface area contributed by atoms with E-state index in [1.165, 1.54) is 16.9 Å². The van der Waals surface area contributed by atoms with Gasteiger partial charge in [0, 0.05) is 41.2 Å². The summed E-state index contributed by atoms with van der Waals surface area (Å²) in [5.74, 6) is 1.38. The second kappa shape index (κ2) is 6.11. The third-order valence-electron chi connectivity index (χ3n) is 5.30. The zero-order valence-electron chi connectivity index (χ0n) is 13.5. The summed E-state index contributed by atoms with van der Waals surface area (Å²) in [7, 11) is 0. The molecule has 1 aliphatic heterocycles. The molecule has 0 spiro atoms. The van der Waals surface area contributed by atoms with Gasteiger partial charge in [-0.3, -0.25) is 9.89 Å². The van der Waals surface area contributed by atoms with Crippen LogP contribution in [0.5, 0.6) is 0 Å². The number of hydrogen-bond donors (Lipinski definition) is 1. The first-order valence-corrected chi connectivity index (χ1v) is 9.48. The van der Waals surface area contributed by atoms with Gasteiger partial charge in [0.1, 0.15) is 0 Å². The Bertz CT molecular complexity index is 691. The van der Waals surface area contributed by atoms with Crippen LogP contribution in [0, 0.1) is 5.92 Å². The van der Waals surface area contributed by atoms with Crippen LogP contribution in [-0.2, 0) is 12.8 Å². The highest BCUT2D eigenvalue weighted by atomic mass is 32.1. The fourth-order valence-electron chi connectivity index (χ4n) is 3.94. The van der Waals surface area contributed by atoms with E-state index in [-0.39, 0.29) is 5.91 Å². The molecule has 122 valence electrons. The topological polar surface area (TPSA) is 49.0 Å². The van der Waals surface area contributed by atoms with Crippen molar-refractivity contribution in [2.45, 2.75) is 44.9 Å². The number of aromatic amines is 1. The molecule has 23 heavy (non-hydrogen) atoms. The Hall–Kier alpha value is -1.62. The second-order valence-corrected chi connectivity index (χ2v) is 7.97. The molecule has 1 saturated heterocycles. The van der Waals surface area contributed by atoms with Crippen molar-refractivity contribution < 1.29 is 4.79 Å². The molecule has 0 unspecified atom stereocenters. The summed E-state index contributed by atoms with van der Waals surface area (Å²) in [6.07, 6.45) is 7.42. The van der Waals surface area contributed by atoms with E-state index in [4.69, 9.17) is 0 Å². The summed E-state index contributed by atoms with van der Waals surface area (Å²) >= 11 is 1.78. The number of piperidine rings is 1. The molecule has 2 aromatic heterocycles. The summed E-state index contributed by atoms with van der Waals surface area (Å²) in [4.78, 5) is 16.5. The number of aromatic nitrogens is 2. The minimum atomic E-state index is 0.237. The van der Waals surface area contributed by atoms with Gasteiger partial charge in [0.2, 0.25) is 0 Å². The minimum absolute atomic E-state index is 0.237. The maximum atomic E-state index is 13.0. The zero-order valence-corrected chi connectivity index (χ0v) is 14.4. The van der Waals surface area contributed by atoms with E-state index < -0.39 is 0 Å². The fraction of sp³-hybridized carbons (Fsp3) is 0.556. The maximum Gasteiger partial charge on any atom is 0.255 e. The van der Waals surface area contributed by atoms with Crippen LogP contribution < -0.4 is 0 Å². The van der Waals surface area contributed by atoms with Gasteiger partial charge in [-0.15, -0.1) is 11.3 Å². The van der Waals surface area contributed by atoms with Crippen molar-refractivity contribution in [2.24, 2.45) is 5.92 Å². The van der Waals surface area contributed by atoms with E-state index in [1.54, 1.807) is 17.5 Å². The van der Waals surface area contributed by atoms with Crippen LogP contribution in [0.2, 0.25) is 0 Å². The molecule has 1 aliphatic carbocycles. The summed E-state index contributed by atoms with van der Waals surface area (Å²) in [5.41, 5.74) is 3.47. The smallest absolute Gasteiger partial charge is 0.255 e. The van der Waals surface area contributed by atoms with Crippen LogP contribution in [0.1, 0.15) is 58.6 Å². The Labute approximate surface area is 140 Å². The number of nitrogens with one attached hydrogen (secondary N) is 1. The number of hydrogen-bond acceptors (Lipinski definition) is 3. The number of nitrogens with zero attached hydrogens (tertiary/aromatic N) is 2. The van der Waals surface area contributed by atoms with Crippen LogP contribution in [0.4, 0.5) is 0 Å². The first-order valence-electron chi connectivity index (χ1n) is 8.60. The van der Waals surface area contributed by atoms with Crippen LogP contribution >= 0.6 is 11.3 Å². The normalized spacial score (nSPS) is 24.5. The van der Waals surface area contributed by atoms with Crippen molar-refractivity contribution in [2.75, 3.05) is 13.1 Å². The molecule has 1 amide bonds. The van der Waals surface area contributed by atoms with Gasteiger partial charge >= 0.3 is 0 Å². The Morgan fingerprint density at radius 2 is 2.35 bits per heavy atom. The van der Waals surface area contributed by atoms with Gasteiger partial charge in [0.05, 0.1) is 5.56 Å². The van der Waals surface area contributed by atoms with Crippen LogP contribution in [0.3, 0.4) is 0 Å². The molecule has 2 aliphatic rings. The number of likely N-dealkylation sites (tertiary alicyclic amines) is 1. The third-order valence-corrected chi connectivity index (χ3v) is 6.35. The third kappa shape index (κ3) is 2.82. The molecule has 4 nitrogen and oxygen atoms in total. The van der Waals surface area contributed by atoms with Crippen molar-refractivity contribution >= 4 is 17.2 Å². The summed E-state index contributed by atoms with van der Waals surface area (Å²) in [5, 5.41) is 9.23. The lowest BCUT2D eigenvalue weighted by molar-refractivity contribution is 0.0705. The van der Waals surface area contributed by atoms with Crippen molar-refractivity contribution in [1.82, 2.24) is 15.1 Å². The Morgan fingerprint density at radius 3 is 3.17 bits per heavy atom. The highest BCUT2D eigenvalue weighted by Crippen LogP contribution is 2.34. The van der Waals surface area contributed by atoms with Gasteiger partial charge in [-0.25, -0.2) is 0 Å². The van der Waals surface area contributed by atoms with Crippen molar-refractivity contribution in [3.63, 3.8) is 0 Å². The summed E-state index contributed by atoms with van der Waals surface area (Å²) in [6.45, 7) is 4.00. The molecular formula is C18H23N3OS. The molecule has 0 radical (unpaired) electrons. The number of fused-ring (bicyclic) bond motifs is 1. The summed E-state index contributed by atoms with van der Waals surface area (Å²) in [6, 6.07) is 2.03. The van der Waals surface area contributed by atoms with E-state index in [9.17, 15) is 4.79 Å². The number of rotatable bonds is 2. The molecular weight excluding hydrogens is 306 g/mol. The molecule has 2 atom stereocenters. The van der Waals surface area contributed by atoms with E-state index in [0.29, 0.717) is 5.92 Å². The lowest BCUT2D eigenvalue weighted by Gasteiger charge is -2.32. The highest BCUT2D eigenvalue weighted by Gasteiger charge is 2.30. The Balaban J connectivity index is 1.53. The molecule has 2 aromatic rings. The molecule has 0 saturated carbocycles. The van der Waals surface area contributed by atoms with Crippen LogP contribution in [0.15, 0.2) is 17.6 Å². The number of amides is 1. The summed E-state index contributed by atoms with van der Waals surface area (Å²) < 4.78 is 0. The zero-order chi connectivity index (χ0) is 15.8. The lowest BCUT2D eigenvalue weighted by atomic mass is 9.88. The SMILES string of the molecule is C[C@H]1CCc2c(C(=O)N3CCC[C@H](c4ccn[nH]4)C3)csc2C1. The number of carbonyl (C=O) groups is 1. The number of thiophene rings is 1. The van der Waals surface area contributed by atoms with Gasteiger partial charge in [0.25, 0.3) is 5.91 Å². The predicted molar refractivity (Wildman–Crippen MR) is 92.0 cm³/mol. The first-order chi connectivity index (χ1) is 11.2. The first kappa shape index (κ1) is 14.9. The average molecular weight is 329 g/mol. The Morgan fingerprint density at radius 1 is 1.43 bits per heavy atom. The molecule has 4 rings (SSSR count). The average Bonchev–Trinajstić information content (AvgIpc) is 3.23. The van der Waals surface area contributed by atoms with Gasteiger partial charge in [0.15, 0.2) is 0 Å². The van der Waals surface area contributed by atoms with Crippen LogP contribution in [-0.4, -0.2) is 34.1 Å². The fourth-order valence-corrected chi connectivity index (χ4v) is 5.17. The minimum Gasteiger partial charge on any atom is -0.338 e. The lowest BCUT2D eigenvalue weighted by Crippen LogP contribution is -2.39. The van der Waals surface area contributed by atoms with Gasteiger partial charge < -0.3 is 4.90 Å². The van der Waals surface area contributed by atoms with Gasteiger partial charge in [-0.1, -0.05) is 6.92 Å². The quantitative estimate of drug-likeness (QED) is 0.915. The van der Waals surface area contributed by atoms with E-state index in [1.807, 2.05) is 6.07 Å². The highest BCUT2D eigenvalue weighted by molar-refractivity contribution is 7.10. The molecule has 1 fully saturated rings. The van der Waals surface area contributed by atoms with Gasteiger partial charge in [-0.05, 0) is 49.7 Å². The standard InChI is InChI=1S/C18H23N3OS/c1-12-4-5-14-15(11-23-17(14)9-12)18(22)21-8-2-3-13(10-21)16-6-7-19-20-16/h6-7,11-13H,2-5,8-10H2,1H3,(H,19,20)/t12-,13-/m0/s1. The molecule has 1 N–H and O–H groups in total. The monoisotopic (exact) mass is 329 g/mol. The number of carbonyl (C=O) groups excluding carboxylic acids is 1. The van der Waals surface area contributed by atoms with Gasteiger partial charge in [-0.2, -0.15) is 5.10 Å². The van der Waals surface area contributed by atoms with Crippen molar-refractivity contribution in [3.8, 4) is 0 Å². The molecule has 5 heteroatoms. The second-order valence-electron chi connectivity index (χ2n) is 7.00. The van der Waals surface area contributed by atoms with Crippen LogP contribution in [0.25, 0.3) is 0 Å². The number of H-pyrrole nitrogens is 1. The van der Waals surface area contributed by atoms with E-state index in [2.05, 4.69) is 27.4 Å². The molecule has 3 heterocycles. The largest absolute Gasteiger partial charge is 0.338 e. The molecule has 0 bridgehead atoms.